The Bertz CT molecular complexity index is 372. The minimum Gasteiger partial charge on any atom is -0.396 e. The number of aliphatic hydroxyl groups excluding tert-OH is 1. The molecule has 1 aliphatic carbocycles. The maximum absolute atomic E-state index is 11.8. The SMILES string of the molecule is O=C(NC[C@@H](CO)CC1CCCCC1)c1cn[nH]c1. The molecule has 1 aliphatic rings. The van der Waals surface area contributed by atoms with Gasteiger partial charge < -0.3 is 10.4 Å². The Morgan fingerprint density at radius 1 is 1.47 bits per heavy atom. The smallest absolute Gasteiger partial charge is 0.254 e. The monoisotopic (exact) mass is 265 g/mol. The van der Waals surface area contributed by atoms with Gasteiger partial charge >= 0.3 is 0 Å². The molecule has 1 aromatic heterocycles. The van der Waals surface area contributed by atoms with Crippen LogP contribution in [0, 0.1) is 11.8 Å². The van der Waals surface area contributed by atoms with E-state index in [1.54, 1.807) is 6.20 Å². The van der Waals surface area contributed by atoms with E-state index in [0.717, 1.165) is 12.3 Å². The Hall–Kier alpha value is -1.36. The van der Waals surface area contributed by atoms with Gasteiger partial charge in [-0.25, -0.2) is 0 Å². The number of rotatable bonds is 6. The van der Waals surface area contributed by atoms with Crippen LogP contribution in [0.1, 0.15) is 48.9 Å². The van der Waals surface area contributed by atoms with Crippen LogP contribution in [0.4, 0.5) is 0 Å². The summed E-state index contributed by atoms with van der Waals surface area (Å²) >= 11 is 0. The zero-order valence-electron chi connectivity index (χ0n) is 11.3. The van der Waals surface area contributed by atoms with E-state index < -0.39 is 0 Å². The Kier molecular flexibility index (Phi) is 5.39. The van der Waals surface area contributed by atoms with Crippen LogP contribution in [-0.2, 0) is 0 Å². The summed E-state index contributed by atoms with van der Waals surface area (Å²) in [6.45, 7) is 0.680. The van der Waals surface area contributed by atoms with Crippen molar-refractivity contribution < 1.29 is 9.90 Å². The zero-order valence-corrected chi connectivity index (χ0v) is 11.3. The number of aromatic nitrogens is 2. The van der Waals surface area contributed by atoms with Crippen molar-refractivity contribution in [3.05, 3.63) is 18.0 Å². The molecule has 1 atom stereocenters. The van der Waals surface area contributed by atoms with Gasteiger partial charge in [-0.2, -0.15) is 5.10 Å². The molecule has 2 rings (SSSR count). The van der Waals surface area contributed by atoms with Crippen molar-refractivity contribution in [2.24, 2.45) is 11.8 Å². The molecule has 0 aliphatic heterocycles. The van der Waals surface area contributed by atoms with Gasteiger partial charge in [0.25, 0.3) is 5.91 Å². The van der Waals surface area contributed by atoms with Crippen LogP contribution in [0.3, 0.4) is 0 Å². The van der Waals surface area contributed by atoms with Gasteiger partial charge in [0.1, 0.15) is 0 Å². The molecule has 1 fully saturated rings. The molecular formula is C14H23N3O2. The number of H-pyrrole nitrogens is 1. The van der Waals surface area contributed by atoms with E-state index in [1.165, 1.54) is 38.3 Å². The van der Waals surface area contributed by atoms with E-state index in [4.69, 9.17) is 0 Å². The minimum absolute atomic E-state index is 0.129. The van der Waals surface area contributed by atoms with Crippen molar-refractivity contribution >= 4 is 5.91 Å². The second kappa shape index (κ2) is 7.28. The van der Waals surface area contributed by atoms with Gasteiger partial charge in [-0.1, -0.05) is 32.1 Å². The predicted octanol–water partition coefficient (Wildman–Crippen LogP) is 1.72. The van der Waals surface area contributed by atoms with E-state index in [1.807, 2.05) is 0 Å². The molecule has 0 saturated heterocycles. The highest BCUT2D eigenvalue weighted by Gasteiger charge is 2.19. The summed E-state index contributed by atoms with van der Waals surface area (Å²) in [5.41, 5.74) is 0.536. The summed E-state index contributed by atoms with van der Waals surface area (Å²) in [6, 6.07) is 0. The fraction of sp³-hybridized carbons (Fsp3) is 0.714. The fourth-order valence-corrected chi connectivity index (χ4v) is 2.83. The summed E-state index contributed by atoms with van der Waals surface area (Å²) in [4.78, 5) is 11.8. The number of amides is 1. The van der Waals surface area contributed by atoms with Gasteiger partial charge in [-0.05, 0) is 18.3 Å². The zero-order chi connectivity index (χ0) is 13.5. The summed E-state index contributed by atoms with van der Waals surface area (Å²) in [7, 11) is 0. The van der Waals surface area contributed by atoms with E-state index in [-0.39, 0.29) is 18.4 Å². The molecule has 1 amide bonds. The van der Waals surface area contributed by atoms with Gasteiger partial charge in [0.2, 0.25) is 0 Å². The molecule has 3 N–H and O–H groups in total. The van der Waals surface area contributed by atoms with Gasteiger partial charge in [0, 0.05) is 19.3 Å². The number of hydrogen-bond acceptors (Lipinski definition) is 3. The third-order valence-electron chi connectivity index (χ3n) is 3.96. The lowest BCUT2D eigenvalue weighted by Crippen LogP contribution is -2.32. The first-order valence-electron chi connectivity index (χ1n) is 7.17. The first-order chi connectivity index (χ1) is 9.29. The normalized spacial score (nSPS) is 18.2. The van der Waals surface area contributed by atoms with Crippen LogP contribution in [0.25, 0.3) is 0 Å². The van der Waals surface area contributed by atoms with Crippen molar-refractivity contribution in [1.29, 1.82) is 0 Å². The number of nitrogens with zero attached hydrogens (tertiary/aromatic N) is 1. The molecule has 19 heavy (non-hydrogen) atoms. The maximum atomic E-state index is 11.8. The molecule has 0 spiro atoms. The molecule has 0 radical (unpaired) electrons. The molecule has 0 unspecified atom stereocenters. The Balaban J connectivity index is 1.74. The van der Waals surface area contributed by atoms with E-state index in [9.17, 15) is 9.90 Å². The van der Waals surface area contributed by atoms with Gasteiger partial charge in [0.05, 0.1) is 11.8 Å². The molecule has 106 valence electrons. The first-order valence-corrected chi connectivity index (χ1v) is 7.17. The highest BCUT2D eigenvalue weighted by Crippen LogP contribution is 2.28. The topological polar surface area (TPSA) is 78.0 Å². The third kappa shape index (κ3) is 4.35. The molecule has 1 saturated carbocycles. The highest BCUT2D eigenvalue weighted by molar-refractivity contribution is 5.93. The van der Waals surface area contributed by atoms with E-state index in [2.05, 4.69) is 15.5 Å². The van der Waals surface area contributed by atoms with Crippen molar-refractivity contribution in [2.45, 2.75) is 38.5 Å². The van der Waals surface area contributed by atoms with Crippen LogP contribution < -0.4 is 5.32 Å². The second-order valence-electron chi connectivity index (χ2n) is 5.49. The van der Waals surface area contributed by atoms with E-state index >= 15 is 0 Å². The van der Waals surface area contributed by atoms with Gasteiger partial charge in [0.15, 0.2) is 0 Å². The van der Waals surface area contributed by atoms with Gasteiger partial charge in [-0.3, -0.25) is 9.89 Å². The van der Waals surface area contributed by atoms with Crippen LogP contribution in [0.5, 0.6) is 0 Å². The summed E-state index contributed by atoms with van der Waals surface area (Å²) < 4.78 is 0. The van der Waals surface area contributed by atoms with Crippen LogP contribution in [0.15, 0.2) is 12.4 Å². The first kappa shape index (κ1) is 14.1. The Morgan fingerprint density at radius 3 is 2.89 bits per heavy atom. The summed E-state index contributed by atoms with van der Waals surface area (Å²) in [5, 5.41) is 18.7. The Labute approximate surface area is 113 Å². The number of aromatic amines is 1. The lowest BCUT2D eigenvalue weighted by Gasteiger charge is -2.25. The van der Waals surface area contributed by atoms with Crippen molar-refractivity contribution in [1.82, 2.24) is 15.5 Å². The Morgan fingerprint density at radius 2 is 2.26 bits per heavy atom. The second-order valence-corrected chi connectivity index (χ2v) is 5.49. The molecule has 1 heterocycles. The van der Waals surface area contributed by atoms with Crippen LogP contribution in [0.2, 0.25) is 0 Å². The van der Waals surface area contributed by atoms with Crippen molar-refractivity contribution in [2.75, 3.05) is 13.2 Å². The standard InChI is InChI=1S/C14H23N3O2/c18-10-12(6-11-4-2-1-3-5-11)7-15-14(19)13-8-16-17-9-13/h8-9,11-12,18H,1-7,10H2,(H,15,19)(H,16,17)/t12-/m0/s1. The molecule has 5 nitrogen and oxygen atoms in total. The van der Waals surface area contributed by atoms with Crippen LogP contribution >= 0.6 is 0 Å². The highest BCUT2D eigenvalue weighted by atomic mass is 16.3. The van der Waals surface area contributed by atoms with Crippen LogP contribution in [-0.4, -0.2) is 34.4 Å². The number of carbonyl (C=O) groups is 1. The molecule has 1 aromatic rings. The fourth-order valence-electron chi connectivity index (χ4n) is 2.83. The number of nitrogens with one attached hydrogen (secondary N) is 2. The van der Waals surface area contributed by atoms with Crippen molar-refractivity contribution in [3.63, 3.8) is 0 Å². The largest absolute Gasteiger partial charge is 0.396 e. The average Bonchev–Trinajstić information content (AvgIpc) is 2.98. The minimum atomic E-state index is -0.129. The number of carbonyl (C=O) groups excluding carboxylic acids is 1. The summed E-state index contributed by atoms with van der Waals surface area (Å²) in [6.07, 6.45) is 10.6. The lowest BCUT2D eigenvalue weighted by atomic mass is 9.83. The molecule has 0 bridgehead atoms. The van der Waals surface area contributed by atoms with Gasteiger partial charge in [-0.15, -0.1) is 0 Å². The lowest BCUT2D eigenvalue weighted by molar-refractivity contribution is 0.0933. The molecular weight excluding hydrogens is 242 g/mol. The third-order valence-corrected chi connectivity index (χ3v) is 3.96. The average molecular weight is 265 g/mol. The predicted molar refractivity (Wildman–Crippen MR) is 72.7 cm³/mol. The molecule has 5 heteroatoms. The summed E-state index contributed by atoms with van der Waals surface area (Å²) in [5.74, 6) is 0.756. The maximum Gasteiger partial charge on any atom is 0.254 e. The quantitative estimate of drug-likeness (QED) is 0.733. The number of hydrogen-bond donors (Lipinski definition) is 3. The van der Waals surface area contributed by atoms with Crippen molar-refractivity contribution in [3.8, 4) is 0 Å². The number of aliphatic hydroxyl groups is 1. The van der Waals surface area contributed by atoms with E-state index in [0.29, 0.717) is 12.1 Å². The molecule has 0 aromatic carbocycles.